The number of amides is 1. The van der Waals surface area contributed by atoms with Gasteiger partial charge in [-0.1, -0.05) is 42.5 Å². The van der Waals surface area contributed by atoms with Crippen molar-refractivity contribution in [3.05, 3.63) is 72.7 Å². The third-order valence-electron chi connectivity index (χ3n) is 6.28. The molecular formula is C26H27N5O2. The topological polar surface area (TPSA) is 95.1 Å². The van der Waals surface area contributed by atoms with Crippen molar-refractivity contribution in [2.75, 3.05) is 12.3 Å². The van der Waals surface area contributed by atoms with E-state index in [0.29, 0.717) is 24.4 Å². The van der Waals surface area contributed by atoms with Crippen molar-refractivity contribution in [2.24, 2.45) is 5.92 Å². The molecule has 168 valence electrons. The zero-order valence-corrected chi connectivity index (χ0v) is 18.6. The highest BCUT2D eigenvalue weighted by molar-refractivity contribution is 6.00. The van der Waals surface area contributed by atoms with Crippen LogP contribution in [0.15, 0.2) is 67.1 Å². The summed E-state index contributed by atoms with van der Waals surface area (Å²) in [6.45, 7) is 2.78. The van der Waals surface area contributed by atoms with Crippen LogP contribution < -0.4 is 15.8 Å². The molecule has 1 aliphatic rings. The van der Waals surface area contributed by atoms with E-state index < -0.39 is 0 Å². The van der Waals surface area contributed by atoms with Gasteiger partial charge in [0.1, 0.15) is 30.1 Å². The second-order valence-corrected chi connectivity index (χ2v) is 8.64. The van der Waals surface area contributed by atoms with E-state index in [-0.39, 0.29) is 5.91 Å². The molecule has 4 aromatic rings. The van der Waals surface area contributed by atoms with Gasteiger partial charge in [-0.2, -0.15) is 0 Å². The summed E-state index contributed by atoms with van der Waals surface area (Å²) in [5, 5.41) is 3.78. The minimum atomic E-state index is 0.0158. The Labute approximate surface area is 192 Å². The predicted molar refractivity (Wildman–Crippen MR) is 129 cm³/mol. The number of rotatable bonds is 7. The number of nitrogens with one attached hydrogen (secondary N) is 1. The monoisotopic (exact) mass is 441 g/mol. The molecular weight excluding hydrogens is 414 g/mol. The average molecular weight is 442 g/mol. The first kappa shape index (κ1) is 21.0. The lowest BCUT2D eigenvalue weighted by Gasteiger charge is -2.36. The molecule has 0 unspecified atom stereocenters. The van der Waals surface area contributed by atoms with Gasteiger partial charge in [-0.3, -0.25) is 4.79 Å². The van der Waals surface area contributed by atoms with Crippen molar-refractivity contribution in [3.8, 4) is 16.9 Å². The first-order valence-corrected chi connectivity index (χ1v) is 11.2. The molecule has 0 spiro atoms. The standard InChI is InChI=1S/C26H27N5O2/c1-17(32)28-13-19-10-21(11-19)31-14-23(24-25(27)29-16-30-26(24)31)20-8-5-9-22(12-20)33-15-18-6-3-2-4-7-18/h2-9,12,14,16,19,21H,10-11,13,15H2,1H3,(H,28,32)(H2,27,29,30). The van der Waals surface area contributed by atoms with E-state index in [1.54, 1.807) is 6.92 Å². The van der Waals surface area contributed by atoms with Gasteiger partial charge in [0.05, 0.1) is 5.39 Å². The molecule has 7 nitrogen and oxygen atoms in total. The van der Waals surface area contributed by atoms with Crippen LogP contribution in [0.1, 0.15) is 31.4 Å². The number of ether oxygens (including phenoxy) is 1. The molecule has 33 heavy (non-hydrogen) atoms. The van der Waals surface area contributed by atoms with Crippen molar-refractivity contribution in [3.63, 3.8) is 0 Å². The van der Waals surface area contributed by atoms with Crippen LogP contribution in [0, 0.1) is 5.92 Å². The zero-order valence-electron chi connectivity index (χ0n) is 18.6. The Balaban J connectivity index is 1.41. The maximum atomic E-state index is 11.2. The molecule has 2 aromatic carbocycles. The number of aromatic nitrogens is 3. The number of carbonyl (C=O) groups excluding carboxylic acids is 1. The summed E-state index contributed by atoms with van der Waals surface area (Å²) in [6.07, 6.45) is 5.64. The van der Waals surface area contributed by atoms with Crippen LogP contribution in [0.2, 0.25) is 0 Å². The van der Waals surface area contributed by atoms with E-state index >= 15 is 0 Å². The van der Waals surface area contributed by atoms with Gasteiger partial charge in [0.25, 0.3) is 0 Å². The van der Waals surface area contributed by atoms with Crippen LogP contribution in [0.3, 0.4) is 0 Å². The number of nitrogen functional groups attached to an aromatic ring is 1. The molecule has 1 amide bonds. The summed E-state index contributed by atoms with van der Waals surface area (Å²) >= 11 is 0. The van der Waals surface area contributed by atoms with Gasteiger partial charge in [-0.05, 0) is 42.0 Å². The molecule has 5 rings (SSSR count). The Morgan fingerprint density at radius 2 is 1.97 bits per heavy atom. The van der Waals surface area contributed by atoms with Crippen molar-refractivity contribution in [1.29, 1.82) is 0 Å². The number of carbonyl (C=O) groups is 1. The van der Waals surface area contributed by atoms with E-state index in [4.69, 9.17) is 10.5 Å². The lowest BCUT2D eigenvalue weighted by molar-refractivity contribution is -0.119. The number of hydrogen-bond donors (Lipinski definition) is 2. The van der Waals surface area contributed by atoms with Crippen molar-refractivity contribution >= 4 is 22.8 Å². The number of anilines is 1. The summed E-state index contributed by atoms with van der Waals surface area (Å²) < 4.78 is 8.25. The van der Waals surface area contributed by atoms with E-state index in [0.717, 1.165) is 52.9 Å². The smallest absolute Gasteiger partial charge is 0.216 e. The molecule has 2 heterocycles. The summed E-state index contributed by atoms with van der Waals surface area (Å²) in [7, 11) is 0. The van der Waals surface area contributed by atoms with Gasteiger partial charge >= 0.3 is 0 Å². The molecule has 7 heteroatoms. The van der Waals surface area contributed by atoms with Gasteiger partial charge in [-0.25, -0.2) is 9.97 Å². The molecule has 1 aliphatic carbocycles. The zero-order chi connectivity index (χ0) is 22.8. The first-order valence-electron chi connectivity index (χ1n) is 11.2. The van der Waals surface area contributed by atoms with Gasteiger partial charge in [0, 0.05) is 31.3 Å². The molecule has 0 saturated heterocycles. The van der Waals surface area contributed by atoms with Crippen LogP contribution in [0.5, 0.6) is 5.75 Å². The number of nitrogens with two attached hydrogens (primary N) is 1. The summed E-state index contributed by atoms with van der Waals surface area (Å²) in [4.78, 5) is 20.0. The van der Waals surface area contributed by atoms with Gasteiger partial charge in [0.2, 0.25) is 5.91 Å². The highest BCUT2D eigenvalue weighted by atomic mass is 16.5. The fourth-order valence-electron chi connectivity index (χ4n) is 4.48. The molecule has 0 aliphatic heterocycles. The van der Waals surface area contributed by atoms with E-state index in [2.05, 4.69) is 32.1 Å². The molecule has 1 fully saturated rings. The number of fused-ring (bicyclic) bond motifs is 1. The minimum absolute atomic E-state index is 0.0158. The molecule has 0 bridgehead atoms. The minimum Gasteiger partial charge on any atom is -0.489 e. The van der Waals surface area contributed by atoms with Gasteiger partial charge in [-0.15, -0.1) is 0 Å². The molecule has 0 atom stereocenters. The SMILES string of the molecule is CC(=O)NCC1CC(n2cc(-c3cccc(OCc4ccccc4)c3)c3c(N)ncnc32)C1. The van der Waals surface area contributed by atoms with E-state index in [1.165, 1.54) is 6.33 Å². The Bertz CT molecular complexity index is 1280. The lowest BCUT2D eigenvalue weighted by Crippen LogP contribution is -2.36. The Morgan fingerprint density at radius 1 is 1.15 bits per heavy atom. The van der Waals surface area contributed by atoms with Crippen LogP contribution in [0.4, 0.5) is 5.82 Å². The van der Waals surface area contributed by atoms with Crippen LogP contribution >= 0.6 is 0 Å². The second-order valence-electron chi connectivity index (χ2n) is 8.64. The molecule has 3 N–H and O–H groups in total. The van der Waals surface area contributed by atoms with Crippen molar-refractivity contribution in [2.45, 2.75) is 32.4 Å². The van der Waals surface area contributed by atoms with E-state index in [9.17, 15) is 4.79 Å². The van der Waals surface area contributed by atoms with Crippen molar-refractivity contribution in [1.82, 2.24) is 19.9 Å². The van der Waals surface area contributed by atoms with Gasteiger partial charge < -0.3 is 20.4 Å². The summed E-state index contributed by atoms with van der Waals surface area (Å²) in [5.41, 5.74) is 10.3. The highest BCUT2D eigenvalue weighted by Gasteiger charge is 2.32. The Kier molecular flexibility index (Phi) is 5.69. The van der Waals surface area contributed by atoms with Crippen LogP contribution in [0.25, 0.3) is 22.2 Å². The van der Waals surface area contributed by atoms with Crippen molar-refractivity contribution < 1.29 is 9.53 Å². The normalized spacial score (nSPS) is 17.5. The van der Waals surface area contributed by atoms with Crippen LogP contribution in [-0.2, 0) is 11.4 Å². The predicted octanol–water partition coefficient (Wildman–Crippen LogP) is 4.35. The lowest BCUT2D eigenvalue weighted by atomic mass is 9.80. The fourth-order valence-corrected chi connectivity index (χ4v) is 4.48. The highest BCUT2D eigenvalue weighted by Crippen LogP contribution is 2.42. The first-order chi connectivity index (χ1) is 16.1. The average Bonchev–Trinajstić information content (AvgIpc) is 3.18. The van der Waals surface area contributed by atoms with Gasteiger partial charge in [0.15, 0.2) is 0 Å². The Morgan fingerprint density at radius 3 is 2.76 bits per heavy atom. The Hall–Kier alpha value is -3.87. The third kappa shape index (κ3) is 4.39. The summed E-state index contributed by atoms with van der Waals surface area (Å²) in [5.74, 6) is 1.76. The third-order valence-corrected chi connectivity index (χ3v) is 6.28. The largest absolute Gasteiger partial charge is 0.489 e. The number of nitrogens with zero attached hydrogens (tertiary/aromatic N) is 3. The molecule has 2 aromatic heterocycles. The second kappa shape index (κ2) is 8.94. The quantitative estimate of drug-likeness (QED) is 0.445. The molecule has 0 radical (unpaired) electrons. The summed E-state index contributed by atoms with van der Waals surface area (Å²) in [6, 6.07) is 18.5. The maximum absolute atomic E-state index is 11.2. The maximum Gasteiger partial charge on any atom is 0.216 e. The van der Waals surface area contributed by atoms with Crippen LogP contribution in [-0.4, -0.2) is 27.0 Å². The number of benzene rings is 2. The number of hydrogen-bond acceptors (Lipinski definition) is 5. The van der Waals surface area contributed by atoms with E-state index in [1.807, 2.05) is 48.5 Å². The molecule has 1 saturated carbocycles. The fraction of sp³-hybridized carbons (Fsp3) is 0.269.